The van der Waals surface area contributed by atoms with Crippen molar-refractivity contribution in [2.24, 2.45) is 23.5 Å². The van der Waals surface area contributed by atoms with Crippen LogP contribution in [0.3, 0.4) is 0 Å². The van der Waals surface area contributed by atoms with Gasteiger partial charge >= 0.3 is 0 Å². The van der Waals surface area contributed by atoms with E-state index in [1.54, 1.807) is 6.92 Å². The van der Waals surface area contributed by atoms with Crippen LogP contribution in [-0.4, -0.2) is 59.3 Å². The molecule has 6 rings (SSSR count). The van der Waals surface area contributed by atoms with Crippen LogP contribution in [0.4, 0.5) is 0 Å². The summed E-state index contributed by atoms with van der Waals surface area (Å²) in [4.78, 5) is 45.3. The number of H-pyrrole nitrogens is 1. The van der Waals surface area contributed by atoms with E-state index >= 15 is 0 Å². The number of carbonyl (C=O) groups is 3. The number of nitrogens with zero attached hydrogens (tertiary/aromatic N) is 1. The van der Waals surface area contributed by atoms with Crippen LogP contribution in [0, 0.1) is 31.6 Å². The van der Waals surface area contributed by atoms with Crippen LogP contribution in [0.5, 0.6) is 0 Å². The van der Waals surface area contributed by atoms with Crippen LogP contribution in [0.1, 0.15) is 74.4 Å². The number of fused-ring (bicyclic) bond motifs is 3. The zero-order chi connectivity index (χ0) is 31.3. The van der Waals surface area contributed by atoms with Gasteiger partial charge in [0.25, 0.3) is 0 Å². The average Bonchev–Trinajstić information content (AvgIpc) is 3.71. The molecule has 3 fully saturated rings. The molecule has 0 radical (unpaired) electrons. The number of benzene rings is 1. The summed E-state index contributed by atoms with van der Waals surface area (Å²) in [5.74, 6) is 0.195. The highest BCUT2D eigenvalue weighted by atomic mass is 32.1. The van der Waals surface area contributed by atoms with E-state index in [2.05, 4.69) is 72.5 Å². The Kier molecular flexibility index (Phi) is 8.39. The first-order valence-electron chi connectivity index (χ1n) is 16.3. The van der Waals surface area contributed by atoms with Gasteiger partial charge in [-0.3, -0.25) is 14.4 Å². The Morgan fingerprint density at radius 3 is 2.41 bits per heavy atom. The molecule has 3 aromatic rings. The quantitative estimate of drug-likeness (QED) is 0.257. The monoisotopic (exact) mass is 617 g/mol. The molecule has 4 atom stereocenters. The summed E-state index contributed by atoms with van der Waals surface area (Å²) in [7, 11) is 0. The SMILES string of the molecule is Cc1cc(C)cc(-c2[nH]c3sc(C(C)(C)CC4C5CCC4C(=O)N5)cc3c2CCN2CCC(C(=O)NC(C)C(N)=O)CC2)c1. The second-order valence-electron chi connectivity index (χ2n) is 14.3. The van der Waals surface area contributed by atoms with Gasteiger partial charge in [0.1, 0.15) is 10.9 Å². The van der Waals surface area contributed by atoms with Crippen molar-refractivity contribution in [3.63, 3.8) is 0 Å². The lowest BCUT2D eigenvalue weighted by Gasteiger charge is -2.31. The van der Waals surface area contributed by atoms with E-state index in [0.717, 1.165) is 58.2 Å². The van der Waals surface area contributed by atoms with Crippen molar-refractivity contribution in [2.75, 3.05) is 19.6 Å². The molecule has 8 nitrogen and oxygen atoms in total. The molecular weight excluding hydrogens is 570 g/mol. The minimum Gasteiger partial charge on any atom is -0.368 e. The fourth-order valence-electron chi connectivity index (χ4n) is 7.92. The summed E-state index contributed by atoms with van der Waals surface area (Å²) in [6.07, 6.45) is 5.63. The third-order valence-corrected chi connectivity index (χ3v) is 11.8. The number of hydrogen-bond acceptors (Lipinski definition) is 5. The fraction of sp³-hybridized carbons (Fsp3) is 0.571. The molecule has 4 unspecified atom stereocenters. The molecule has 3 aliphatic rings. The normalized spacial score (nSPS) is 23.3. The van der Waals surface area contributed by atoms with Gasteiger partial charge < -0.3 is 26.3 Å². The summed E-state index contributed by atoms with van der Waals surface area (Å²) >= 11 is 1.87. The minimum atomic E-state index is -0.645. The first kappa shape index (κ1) is 30.8. The number of piperidine rings is 2. The van der Waals surface area contributed by atoms with E-state index in [4.69, 9.17) is 5.73 Å². The highest BCUT2D eigenvalue weighted by molar-refractivity contribution is 7.18. The second kappa shape index (κ2) is 12.0. The zero-order valence-corrected chi connectivity index (χ0v) is 27.5. The first-order valence-corrected chi connectivity index (χ1v) is 17.1. The molecule has 2 saturated heterocycles. The van der Waals surface area contributed by atoms with Crippen LogP contribution >= 0.6 is 11.3 Å². The van der Waals surface area contributed by atoms with E-state index in [1.165, 1.54) is 43.0 Å². The van der Waals surface area contributed by atoms with E-state index in [-0.39, 0.29) is 29.1 Å². The molecular formula is C35H47N5O3S. The highest BCUT2D eigenvalue weighted by Crippen LogP contribution is 2.47. The van der Waals surface area contributed by atoms with Gasteiger partial charge in [-0.1, -0.05) is 31.0 Å². The van der Waals surface area contributed by atoms with Crippen molar-refractivity contribution in [3.05, 3.63) is 45.8 Å². The third kappa shape index (κ3) is 6.05. The van der Waals surface area contributed by atoms with Gasteiger partial charge in [0.2, 0.25) is 17.7 Å². The number of thiophene rings is 1. The summed E-state index contributed by atoms with van der Waals surface area (Å²) in [5.41, 5.74) is 11.6. The Morgan fingerprint density at radius 1 is 1.09 bits per heavy atom. The molecule has 0 spiro atoms. The Labute approximate surface area is 264 Å². The average molecular weight is 618 g/mol. The summed E-state index contributed by atoms with van der Waals surface area (Å²) in [5, 5.41) is 7.30. The highest BCUT2D eigenvalue weighted by Gasteiger charge is 2.49. The zero-order valence-electron chi connectivity index (χ0n) is 26.7. The molecule has 1 saturated carbocycles. The van der Waals surface area contributed by atoms with Gasteiger partial charge in [0.05, 0.1) is 5.69 Å². The molecule has 2 aromatic heterocycles. The molecule has 4 heterocycles. The van der Waals surface area contributed by atoms with Crippen molar-refractivity contribution in [1.29, 1.82) is 0 Å². The van der Waals surface area contributed by atoms with Crippen molar-refractivity contribution in [2.45, 2.75) is 90.6 Å². The van der Waals surface area contributed by atoms with E-state index in [9.17, 15) is 14.4 Å². The smallest absolute Gasteiger partial charge is 0.239 e. The second-order valence-corrected chi connectivity index (χ2v) is 15.3. The van der Waals surface area contributed by atoms with Crippen molar-refractivity contribution < 1.29 is 14.4 Å². The number of nitrogens with two attached hydrogens (primary N) is 1. The summed E-state index contributed by atoms with van der Waals surface area (Å²) in [6, 6.07) is 8.87. The number of rotatable bonds is 10. The molecule has 2 bridgehead atoms. The fourth-order valence-corrected chi connectivity index (χ4v) is 9.12. The standard InChI is InChI=1S/C35H47N5O3S/c1-19-14-20(2)16-23(15-19)30-24(10-13-40-11-8-22(9-12-40)32(42)37-21(3)31(36)41)26-17-29(44-34(26)39-30)35(4,5)18-27-25-6-7-28(27)38-33(25)43/h14-17,21-22,25,27-28,39H,6-13,18H2,1-5H3,(H2,36,41)(H,37,42)(H,38,43). The number of hydrogen-bond donors (Lipinski definition) is 4. The van der Waals surface area contributed by atoms with E-state index in [0.29, 0.717) is 12.0 Å². The van der Waals surface area contributed by atoms with Crippen LogP contribution < -0.4 is 16.4 Å². The predicted octanol–water partition coefficient (Wildman–Crippen LogP) is 4.95. The first-order chi connectivity index (χ1) is 20.9. The Balaban J connectivity index is 1.21. The Hall–Kier alpha value is -3.17. The lowest BCUT2D eigenvalue weighted by atomic mass is 9.78. The number of likely N-dealkylation sites (tertiary alicyclic amines) is 1. The summed E-state index contributed by atoms with van der Waals surface area (Å²) in [6.45, 7) is 13.3. The van der Waals surface area contributed by atoms with Gasteiger partial charge in [-0.05, 0) is 113 Å². The lowest BCUT2D eigenvalue weighted by molar-refractivity contribution is -0.130. The van der Waals surface area contributed by atoms with Gasteiger partial charge in [-0.25, -0.2) is 0 Å². The lowest BCUT2D eigenvalue weighted by Crippen LogP contribution is -2.47. The molecule has 9 heteroatoms. The number of aromatic amines is 1. The topological polar surface area (TPSA) is 120 Å². The Morgan fingerprint density at radius 2 is 1.80 bits per heavy atom. The molecule has 1 aliphatic carbocycles. The maximum absolute atomic E-state index is 12.7. The predicted molar refractivity (Wildman–Crippen MR) is 177 cm³/mol. The molecule has 2 aliphatic heterocycles. The number of nitrogens with one attached hydrogen (secondary N) is 3. The van der Waals surface area contributed by atoms with E-state index < -0.39 is 11.9 Å². The van der Waals surface area contributed by atoms with Crippen LogP contribution in [-0.2, 0) is 26.2 Å². The number of primary amides is 1. The largest absolute Gasteiger partial charge is 0.368 e. The number of amides is 3. The molecule has 236 valence electrons. The molecule has 44 heavy (non-hydrogen) atoms. The molecule has 3 amide bonds. The van der Waals surface area contributed by atoms with Crippen molar-refractivity contribution >= 4 is 39.3 Å². The maximum atomic E-state index is 12.7. The van der Waals surface area contributed by atoms with Gasteiger partial charge in [0.15, 0.2) is 0 Å². The Bertz CT molecular complexity index is 1560. The van der Waals surface area contributed by atoms with Crippen molar-refractivity contribution in [3.8, 4) is 11.3 Å². The molecule has 1 aromatic carbocycles. The number of aryl methyl sites for hydroxylation is 2. The van der Waals surface area contributed by atoms with Gasteiger partial charge in [-0.2, -0.15) is 0 Å². The number of aromatic nitrogens is 1. The van der Waals surface area contributed by atoms with Crippen LogP contribution in [0.15, 0.2) is 24.3 Å². The third-order valence-electron chi connectivity index (χ3n) is 10.4. The van der Waals surface area contributed by atoms with Crippen LogP contribution in [0.25, 0.3) is 21.5 Å². The summed E-state index contributed by atoms with van der Waals surface area (Å²) < 4.78 is 0. The van der Waals surface area contributed by atoms with Crippen LogP contribution in [0.2, 0.25) is 0 Å². The molecule has 5 N–H and O–H groups in total. The minimum absolute atomic E-state index is 0.0197. The van der Waals surface area contributed by atoms with Crippen molar-refractivity contribution in [1.82, 2.24) is 20.5 Å². The number of carbonyl (C=O) groups excluding carboxylic acids is 3. The van der Waals surface area contributed by atoms with Gasteiger partial charge in [0, 0.05) is 34.7 Å². The maximum Gasteiger partial charge on any atom is 0.239 e. The van der Waals surface area contributed by atoms with E-state index in [1.807, 2.05) is 11.3 Å². The van der Waals surface area contributed by atoms with Gasteiger partial charge in [-0.15, -0.1) is 11.3 Å².